The van der Waals surface area contributed by atoms with Gasteiger partial charge < -0.3 is 9.64 Å². The molecular weight excluding hydrogens is 361 g/mol. The summed E-state index contributed by atoms with van der Waals surface area (Å²) in [4.78, 5) is 23.0. The Kier molecular flexibility index (Phi) is 5.47. The number of carbonyl (C=O) groups excluding carboxylic acids is 1. The number of carbonyl (C=O) groups is 1. The van der Waals surface area contributed by atoms with Crippen molar-refractivity contribution in [3.05, 3.63) is 40.7 Å². The van der Waals surface area contributed by atoms with Crippen LogP contribution >= 0.6 is 11.6 Å². The zero-order valence-electron chi connectivity index (χ0n) is 16.1. The molecule has 2 aromatic rings. The summed E-state index contributed by atoms with van der Waals surface area (Å²) in [6, 6.07) is 5.56. The first-order valence-electron chi connectivity index (χ1n) is 9.04. The minimum absolute atomic E-state index is 0.192. The fourth-order valence-corrected chi connectivity index (χ4v) is 3.16. The predicted octanol–water partition coefficient (Wildman–Crippen LogP) is 4.54. The molecule has 1 aliphatic rings. The molecule has 0 saturated carbocycles. The van der Waals surface area contributed by atoms with Crippen LogP contribution in [-0.4, -0.2) is 47.5 Å². The molecule has 0 aromatic carbocycles. The van der Waals surface area contributed by atoms with Crippen LogP contribution in [0.3, 0.4) is 0 Å². The molecule has 1 unspecified atom stereocenters. The third-order valence-corrected chi connectivity index (χ3v) is 4.54. The molecule has 1 amide bonds. The number of pyridine rings is 2. The lowest BCUT2D eigenvalue weighted by atomic mass is 9.82. The van der Waals surface area contributed by atoms with E-state index in [2.05, 4.69) is 4.98 Å². The van der Waals surface area contributed by atoms with Gasteiger partial charge in [-0.25, -0.2) is 14.8 Å². The molecule has 3 heterocycles. The number of hydrogen-bond donors (Lipinski definition) is 0. The van der Waals surface area contributed by atoms with E-state index in [0.717, 1.165) is 27.9 Å². The quantitative estimate of drug-likeness (QED) is 0.564. The van der Waals surface area contributed by atoms with Gasteiger partial charge in [0.25, 0.3) is 0 Å². The van der Waals surface area contributed by atoms with E-state index in [4.69, 9.17) is 29.2 Å². The highest BCUT2D eigenvalue weighted by Crippen LogP contribution is 2.29. The summed E-state index contributed by atoms with van der Waals surface area (Å²) >= 11 is 6.03. The van der Waals surface area contributed by atoms with Gasteiger partial charge in [0.15, 0.2) is 0 Å². The minimum atomic E-state index is -0.499. The summed E-state index contributed by atoms with van der Waals surface area (Å²) in [5.74, 6) is -0.192. The molecular formula is C20H23BClN3O2. The van der Waals surface area contributed by atoms with Crippen molar-refractivity contribution in [3.8, 4) is 0 Å². The Morgan fingerprint density at radius 1 is 1.33 bits per heavy atom. The summed E-state index contributed by atoms with van der Waals surface area (Å²) in [7, 11) is 6.15. The monoisotopic (exact) mass is 383 g/mol. The van der Waals surface area contributed by atoms with Crippen molar-refractivity contribution in [2.75, 3.05) is 13.1 Å². The zero-order valence-corrected chi connectivity index (χ0v) is 16.9. The Bertz CT molecular complexity index is 906. The van der Waals surface area contributed by atoms with Gasteiger partial charge in [-0.3, -0.25) is 0 Å². The summed E-state index contributed by atoms with van der Waals surface area (Å²) in [5.41, 5.74) is 3.86. The van der Waals surface area contributed by atoms with Gasteiger partial charge >= 0.3 is 6.09 Å². The molecule has 0 N–H and O–H groups in total. The molecule has 0 saturated heterocycles. The van der Waals surface area contributed by atoms with Gasteiger partial charge in [0.1, 0.15) is 10.8 Å². The number of ether oxygens (including phenoxy) is 1. The van der Waals surface area contributed by atoms with Crippen LogP contribution in [0.1, 0.15) is 51.2 Å². The van der Waals surface area contributed by atoms with Crippen molar-refractivity contribution in [3.63, 3.8) is 0 Å². The maximum atomic E-state index is 12.2. The lowest BCUT2D eigenvalue weighted by Crippen LogP contribution is -2.39. The van der Waals surface area contributed by atoms with Crippen molar-refractivity contribution in [2.24, 2.45) is 0 Å². The number of amides is 1. The zero-order chi connectivity index (χ0) is 19.8. The standard InChI is InChI=1S/C20H23BClN3O2/c1-12(21)14-11-16(23-15-5-6-17(22)24-18(14)15)13-7-9-25(10-8-13)19(26)27-20(2,3)4/h5-7,11-12H,8-10H2,1-4H3. The Balaban J connectivity index is 1.88. The fourth-order valence-electron chi connectivity index (χ4n) is 3.01. The Morgan fingerprint density at radius 3 is 2.67 bits per heavy atom. The highest BCUT2D eigenvalue weighted by molar-refractivity contribution is 6.29. The van der Waals surface area contributed by atoms with Gasteiger partial charge in [-0.2, -0.15) is 0 Å². The van der Waals surface area contributed by atoms with E-state index in [1.54, 1.807) is 11.0 Å². The average molecular weight is 384 g/mol. The van der Waals surface area contributed by atoms with Crippen LogP contribution in [-0.2, 0) is 4.74 Å². The van der Waals surface area contributed by atoms with Crippen LogP contribution in [0.5, 0.6) is 0 Å². The topological polar surface area (TPSA) is 55.3 Å². The molecule has 0 spiro atoms. The summed E-state index contributed by atoms with van der Waals surface area (Å²) in [5, 5.41) is 0.420. The Labute approximate surface area is 166 Å². The number of aromatic nitrogens is 2. The van der Waals surface area contributed by atoms with Gasteiger partial charge in [-0.05, 0) is 56.5 Å². The lowest BCUT2D eigenvalue weighted by molar-refractivity contribution is 0.0270. The van der Waals surface area contributed by atoms with Crippen molar-refractivity contribution < 1.29 is 9.53 Å². The highest BCUT2D eigenvalue weighted by Gasteiger charge is 2.24. The molecule has 140 valence electrons. The van der Waals surface area contributed by atoms with E-state index in [9.17, 15) is 4.79 Å². The van der Waals surface area contributed by atoms with Crippen LogP contribution in [0.15, 0.2) is 24.3 Å². The molecule has 0 fully saturated rings. The van der Waals surface area contributed by atoms with Crippen LogP contribution in [0.25, 0.3) is 16.6 Å². The first-order valence-corrected chi connectivity index (χ1v) is 9.42. The van der Waals surface area contributed by atoms with Crippen LogP contribution in [0.2, 0.25) is 5.15 Å². The van der Waals surface area contributed by atoms with Crippen LogP contribution < -0.4 is 0 Å². The normalized spacial score (nSPS) is 16.2. The largest absolute Gasteiger partial charge is 0.444 e. The van der Waals surface area contributed by atoms with E-state index in [1.165, 1.54) is 0 Å². The average Bonchev–Trinajstić information content (AvgIpc) is 2.59. The second kappa shape index (κ2) is 7.51. The molecule has 7 heteroatoms. The van der Waals surface area contributed by atoms with Crippen molar-refractivity contribution in [2.45, 2.75) is 45.5 Å². The number of hydrogen-bond acceptors (Lipinski definition) is 4. The second-order valence-electron chi connectivity index (χ2n) is 7.79. The van der Waals surface area contributed by atoms with E-state index >= 15 is 0 Å². The maximum absolute atomic E-state index is 12.2. The van der Waals surface area contributed by atoms with Crippen molar-refractivity contribution in [1.29, 1.82) is 0 Å². The minimum Gasteiger partial charge on any atom is -0.444 e. The second-order valence-corrected chi connectivity index (χ2v) is 8.18. The maximum Gasteiger partial charge on any atom is 0.410 e. The molecule has 1 aliphatic heterocycles. The molecule has 1 atom stereocenters. The molecule has 2 radical (unpaired) electrons. The van der Waals surface area contributed by atoms with Gasteiger partial charge in [-0.1, -0.05) is 30.4 Å². The smallest absolute Gasteiger partial charge is 0.410 e. The van der Waals surface area contributed by atoms with E-state index < -0.39 is 5.60 Å². The third kappa shape index (κ3) is 4.61. The number of halogens is 1. The lowest BCUT2D eigenvalue weighted by Gasteiger charge is -2.29. The van der Waals surface area contributed by atoms with Gasteiger partial charge in [0.05, 0.1) is 24.6 Å². The first-order chi connectivity index (χ1) is 12.6. The van der Waals surface area contributed by atoms with Crippen LogP contribution in [0, 0.1) is 0 Å². The van der Waals surface area contributed by atoms with E-state index in [0.29, 0.717) is 24.7 Å². The molecule has 2 aromatic heterocycles. The van der Waals surface area contributed by atoms with Gasteiger partial charge in [0.2, 0.25) is 0 Å². The first kappa shape index (κ1) is 19.7. The number of nitrogens with zero attached hydrogens (tertiary/aromatic N) is 3. The van der Waals surface area contributed by atoms with Crippen LogP contribution in [0.4, 0.5) is 4.79 Å². The SMILES string of the molecule is [B]C(C)c1cc(C2=CCN(C(=O)OC(C)(C)C)CC2)nc2ccc(Cl)nc12. The molecule has 0 bridgehead atoms. The van der Waals surface area contributed by atoms with E-state index in [-0.39, 0.29) is 11.9 Å². The molecule has 5 nitrogen and oxygen atoms in total. The molecule has 27 heavy (non-hydrogen) atoms. The van der Waals surface area contributed by atoms with E-state index in [1.807, 2.05) is 45.9 Å². The Morgan fingerprint density at radius 2 is 2.07 bits per heavy atom. The number of rotatable bonds is 2. The van der Waals surface area contributed by atoms with Gasteiger partial charge in [-0.15, -0.1) is 0 Å². The molecule has 3 rings (SSSR count). The fraction of sp³-hybridized carbons (Fsp3) is 0.450. The van der Waals surface area contributed by atoms with Crippen molar-refractivity contribution in [1.82, 2.24) is 14.9 Å². The summed E-state index contributed by atoms with van der Waals surface area (Å²) in [6.07, 6.45) is 2.44. The van der Waals surface area contributed by atoms with Crippen molar-refractivity contribution >= 4 is 42.1 Å². The summed E-state index contributed by atoms with van der Waals surface area (Å²) in [6.45, 7) is 8.60. The Hall–Kier alpha value is -2.08. The molecule has 0 aliphatic carbocycles. The summed E-state index contributed by atoms with van der Waals surface area (Å²) < 4.78 is 5.44. The predicted molar refractivity (Wildman–Crippen MR) is 109 cm³/mol. The third-order valence-electron chi connectivity index (χ3n) is 4.33. The van der Waals surface area contributed by atoms with Gasteiger partial charge in [0, 0.05) is 13.1 Å². The number of fused-ring (bicyclic) bond motifs is 1. The highest BCUT2D eigenvalue weighted by atomic mass is 35.5.